The van der Waals surface area contributed by atoms with Gasteiger partial charge in [0, 0.05) is 25.2 Å². The minimum absolute atomic E-state index is 0.332. The smallest absolute Gasteiger partial charge is 0.411 e. The largest absolute Gasteiger partial charge is 0.480 e. The average molecular weight is 271 g/mol. The molecule has 1 spiro atoms. The summed E-state index contributed by atoms with van der Waals surface area (Å²) in [5.41, 5.74) is -0.945. The summed E-state index contributed by atoms with van der Waals surface area (Å²) in [6.07, 6.45) is 0.823. The maximum absolute atomic E-state index is 12.0. The zero-order chi connectivity index (χ0) is 14.3. The highest BCUT2D eigenvalue weighted by Gasteiger charge is 2.59. The van der Waals surface area contributed by atoms with Crippen LogP contribution in [0, 0.1) is 5.41 Å². The zero-order valence-electron chi connectivity index (χ0n) is 11.6. The van der Waals surface area contributed by atoms with E-state index in [1.54, 1.807) is 20.8 Å². The molecule has 2 fully saturated rings. The van der Waals surface area contributed by atoms with Gasteiger partial charge < -0.3 is 14.6 Å². The van der Waals surface area contributed by atoms with E-state index < -0.39 is 23.7 Å². The molecule has 0 aromatic rings. The summed E-state index contributed by atoms with van der Waals surface area (Å²) in [6, 6.07) is -0.786. The second-order valence-electron chi connectivity index (χ2n) is 6.32. The van der Waals surface area contributed by atoms with E-state index in [1.165, 1.54) is 4.90 Å². The molecule has 2 saturated heterocycles. The number of likely N-dealkylation sites (tertiary alicyclic amines) is 1. The van der Waals surface area contributed by atoms with Gasteiger partial charge in [-0.25, -0.2) is 9.59 Å². The van der Waals surface area contributed by atoms with Gasteiger partial charge in [0.15, 0.2) is 0 Å². The lowest BCUT2D eigenvalue weighted by atomic mass is 9.66. The van der Waals surface area contributed by atoms with Crippen LogP contribution in [0.2, 0.25) is 0 Å². The van der Waals surface area contributed by atoms with Crippen LogP contribution in [0.5, 0.6) is 0 Å². The molecular weight excluding hydrogens is 250 g/mol. The number of aliphatic carboxylic acids is 1. The fourth-order valence-corrected chi connectivity index (χ4v) is 2.83. The molecular formula is C13H21NO5. The van der Waals surface area contributed by atoms with Gasteiger partial charge in [-0.2, -0.15) is 0 Å². The number of carboxylic acid groups (broad SMARTS) is 1. The third kappa shape index (κ3) is 2.68. The number of nitrogens with zero attached hydrogens (tertiary/aromatic N) is 1. The van der Waals surface area contributed by atoms with Gasteiger partial charge in [-0.15, -0.1) is 0 Å². The minimum atomic E-state index is -0.959. The molecule has 0 aromatic carbocycles. The van der Waals surface area contributed by atoms with Crippen LogP contribution in [0.1, 0.15) is 33.6 Å². The summed E-state index contributed by atoms with van der Waals surface area (Å²) in [5, 5.41) is 9.38. The molecule has 6 heteroatoms. The van der Waals surface area contributed by atoms with Crippen molar-refractivity contribution in [3.05, 3.63) is 0 Å². The Morgan fingerprint density at radius 2 is 1.89 bits per heavy atom. The van der Waals surface area contributed by atoms with Crippen LogP contribution in [-0.4, -0.2) is 53.5 Å². The van der Waals surface area contributed by atoms with Crippen LogP contribution in [-0.2, 0) is 14.3 Å². The van der Waals surface area contributed by atoms with Crippen LogP contribution >= 0.6 is 0 Å². The number of amides is 1. The van der Waals surface area contributed by atoms with E-state index in [1.807, 2.05) is 0 Å². The predicted octanol–water partition coefficient (Wildman–Crippen LogP) is 1.49. The highest BCUT2D eigenvalue weighted by molar-refractivity contribution is 5.83. The molecule has 108 valence electrons. The maximum atomic E-state index is 12.0. The second kappa shape index (κ2) is 4.67. The Balaban J connectivity index is 2.08. The van der Waals surface area contributed by atoms with Crippen LogP contribution in [0.25, 0.3) is 0 Å². The summed E-state index contributed by atoms with van der Waals surface area (Å²) in [7, 11) is 0. The van der Waals surface area contributed by atoms with Gasteiger partial charge in [0.25, 0.3) is 0 Å². The summed E-state index contributed by atoms with van der Waals surface area (Å²) < 4.78 is 10.5. The molecule has 2 aliphatic heterocycles. The third-order valence-corrected chi connectivity index (χ3v) is 3.73. The van der Waals surface area contributed by atoms with Crippen LogP contribution in [0.15, 0.2) is 0 Å². The number of carboxylic acids is 1. The quantitative estimate of drug-likeness (QED) is 0.782. The molecule has 1 N–H and O–H groups in total. The molecule has 1 atom stereocenters. The van der Waals surface area contributed by atoms with Crippen molar-refractivity contribution in [2.24, 2.45) is 5.41 Å². The number of carbonyl (C=O) groups excluding carboxylic acids is 1. The molecule has 0 unspecified atom stereocenters. The first-order valence-electron chi connectivity index (χ1n) is 6.55. The molecule has 0 saturated carbocycles. The van der Waals surface area contributed by atoms with Crippen molar-refractivity contribution in [1.29, 1.82) is 0 Å². The van der Waals surface area contributed by atoms with Gasteiger partial charge in [0.2, 0.25) is 0 Å². The summed E-state index contributed by atoms with van der Waals surface area (Å²) in [5.74, 6) is -0.959. The lowest BCUT2D eigenvalue weighted by Gasteiger charge is -2.56. The first kappa shape index (κ1) is 14.1. The molecule has 0 bridgehead atoms. The Morgan fingerprint density at radius 3 is 2.37 bits per heavy atom. The Kier molecular flexibility index (Phi) is 3.47. The number of ether oxygens (including phenoxy) is 2. The molecule has 0 aromatic heterocycles. The van der Waals surface area contributed by atoms with Gasteiger partial charge in [0.1, 0.15) is 11.6 Å². The topological polar surface area (TPSA) is 76.1 Å². The standard InChI is InChI=1S/C13H21NO5/c1-12(2,3)19-11(17)14-8-13(9(14)10(15)16)4-6-18-7-5-13/h9H,4-8H2,1-3H3,(H,15,16)/t9-/m1/s1. The van der Waals surface area contributed by atoms with Crippen LogP contribution < -0.4 is 0 Å². The lowest BCUT2D eigenvalue weighted by Crippen LogP contribution is -2.70. The Bertz CT molecular complexity index is 381. The van der Waals surface area contributed by atoms with Crippen molar-refractivity contribution in [2.45, 2.75) is 45.3 Å². The van der Waals surface area contributed by atoms with E-state index in [-0.39, 0.29) is 5.41 Å². The van der Waals surface area contributed by atoms with Gasteiger partial charge in [-0.1, -0.05) is 0 Å². The Morgan fingerprint density at radius 1 is 1.32 bits per heavy atom. The van der Waals surface area contributed by atoms with Gasteiger partial charge >= 0.3 is 12.1 Å². The van der Waals surface area contributed by atoms with E-state index in [9.17, 15) is 14.7 Å². The molecule has 2 aliphatic rings. The summed E-state index contributed by atoms with van der Waals surface area (Å²) in [6.45, 7) is 6.88. The molecule has 2 heterocycles. The normalized spacial score (nSPS) is 25.8. The van der Waals surface area contributed by atoms with Crippen molar-refractivity contribution in [3.8, 4) is 0 Å². The lowest BCUT2D eigenvalue weighted by molar-refractivity contribution is -0.174. The monoisotopic (exact) mass is 271 g/mol. The first-order valence-corrected chi connectivity index (χ1v) is 6.55. The number of carbonyl (C=O) groups is 2. The molecule has 0 radical (unpaired) electrons. The second-order valence-corrected chi connectivity index (χ2v) is 6.32. The number of rotatable bonds is 1. The molecule has 2 rings (SSSR count). The van der Waals surface area contributed by atoms with E-state index in [0.717, 1.165) is 0 Å². The molecule has 19 heavy (non-hydrogen) atoms. The van der Waals surface area contributed by atoms with E-state index >= 15 is 0 Å². The van der Waals surface area contributed by atoms with Gasteiger partial charge in [-0.05, 0) is 33.6 Å². The van der Waals surface area contributed by atoms with Crippen LogP contribution in [0.3, 0.4) is 0 Å². The van der Waals surface area contributed by atoms with Gasteiger partial charge in [0.05, 0.1) is 0 Å². The van der Waals surface area contributed by atoms with E-state index in [0.29, 0.717) is 32.6 Å². The summed E-state index contributed by atoms with van der Waals surface area (Å²) >= 11 is 0. The number of hydrogen-bond acceptors (Lipinski definition) is 4. The highest BCUT2D eigenvalue weighted by atomic mass is 16.6. The van der Waals surface area contributed by atoms with E-state index in [2.05, 4.69) is 0 Å². The summed E-state index contributed by atoms with van der Waals surface area (Å²) in [4.78, 5) is 24.8. The average Bonchev–Trinajstić information content (AvgIpc) is 2.24. The van der Waals surface area contributed by atoms with Crippen molar-refractivity contribution in [3.63, 3.8) is 0 Å². The fraction of sp³-hybridized carbons (Fsp3) is 0.846. The fourth-order valence-electron chi connectivity index (χ4n) is 2.83. The Hall–Kier alpha value is -1.30. The maximum Gasteiger partial charge on any atom is 0.411 e. The predicted molar refractivity (Wildman–Crippen MR) is 66.8 cm³/mol. The van der Waals surface area contributed by atoms with Gasteiger partial charge in [-0.3, -0.25) is 4.90 Å². The SMILES string of the molecule is CC(C)(C)OC(=O)N1CC2(CCOCC2)[C@H]1C(=O)O. The third-order valence-electron chi connectivity index (χ3n) is 3.73. The van der Waals surface area contributed by atoms with E-state index in [4.69, 9.17) is 9.47 Å². The van der Waals surface area contributed by atoms with Crippen molar-refractivity contribution in [1.82, 2.24) is 4.90 Å². The number of hydrogen-bond donors (Lipinski definition) is 1. The highest BCUT2D eigenvalue weighted by Crippen LogP contribution is 2.46. The minimum Gasteiger partial charge on any atom is -0.480 e. The van der Waals surface area contributed by atoms with Crippen molar-refractivity contribution < 1.29 is 24.2 Å². The first-order chi connectivity index (χ1) is 8.75. The van der Waals surface area contributed by atoms with Crippen molar-refractivity contribution in [2.75, 3.05) is 19.8 Å². The Labute approximate surface area is 112 Å². The molecule has 1 amide bonds. The van der Waals surface area contributed by atoms with Crippen molar-refractivity contribution >= 4 is 12.1 Å². The van der Waals surface area contributed by atoms with Crippen LogP contribution in [0.4, 0.5) is 4.79 Å². The molecule has 0 aliphatic carbocycles. The zero-order valence-corrected chi connectivity index (χ0v) is 11.6. The molecule has 6 nitrogen and oxygen atoms in total.